The van der Waals surface area contributed by atoms with Crippen molar-refractivity contribution >= 4 is 5.91 Å². The first-order valence-electron chi connectivity index (χ1n) is 8.83. The number of hydrogen-bond donors (Lipinski definition) is 2. The van der Waals surface area contributed by atoms with Crippen molar-refractivity contribution in [3.63, 3.8) is 0 Å². The van der Waals surface area contributed by atoms with Gasteiger partial charge in [0.25, 0.3) is 5.91 Å². The molecule has 26 heavy (non-hydrogen) atoms. The Balaban J connectivity index is 2.53. The van der Waals surface area contributed by atoms with Crippen LogP contribution in [0, 0.1) is 0 Å². The molecule has 2 N–H and O–H groups in total. The molecule has 1 aromatic carbocycles. The van der Waals surface area contributed by atoms with Crippen LogP contribution >= 0.6 is 0 Å². The van der Waals surface area contributed by atoms with Gasteiger partial charge in [-0.1, -0.05) is 55.6 Å². The fourth-order valence-electron chi connectivity index (χ4n) is 2.16. The summed E-state index contributed by atoms with van der Waals surface area (Å²) in [5.74, 6) is -0.220. The van der Waals surface area contributed by atoms with E-state index in [2.05, 4.69) is 23.8 Å². The molecule has 0 aliphatic heterocycles. The van der Waals surface area contributed by atoms with Gasteiger partial charge in [-0.3, -0.25) is 4.79 Å². The maximum Gasteiger partial charge on any atom is 0.267 e. The molecular weight excluding hydrogens is 324 g/mol. The topological polar surface area (TPSA) is 50.4 Å². The minimum absolute atomic E-state index is 0.171. The molecule has 0 heterocycles. The van der Waals surface area contributed by atoms with Crippen molar-refractivity contribution in [2.24, 2.45) is 0 Å². The van der Waals surface area contributed by atoms with Crippen molar-refractivity contribution < 1.29 is 9.53 Å². The Morgan fingerprint density at radius 3 is 2.58 bits per heavy atom. The van der Waals surface area contributed by atoms with Crippen molar-refractivity contribution in [1.82, 2.24) is 10.6 Å². The van der Waals surface area contributed by atoms with Crippen LogP contribution in [0.3, 0.4) is 0 Å². The van der Waals surface area contributed by atoms with E-state index in [0.29, 0.717) is 18.8 Å². The van der Waals surface area contributed by atoms with E-state index in [9.17, 15) is 4.79 Å². The Hall–Kier alpha value is -2.59. The molecule has 1 aromatic rings. The molecule has 4 nitrogen and oxygen atoms in total. The number of hydrogen-bond acceptors (Lipinski definition) is 3. The van der Waals surface area contributed by atoms with Crippen LogP contribution in [-0.2, 0) is 16.0 Å². The first-order chi connectivity index (χ1) is 12.4. The second kappa shape index (κ2) is 11.9. The van der Waals surface area contributed by atoms with Gasteiger partial charge in [0.2, 0.25) is 0 Å². The Labute approximate surface area is 157 Å². The molecule has 0 aliphatic rings. The van der Waals surface area contributed by atoms with Gasteiger partial charge in [0.15, 0.2) is 0 Å². The summed E-state index contributed by atoms with van der Waals surface area (Å²) >= 11 is 0. The normalized spacial score (nSPS) is 12.0. The van der Waals surface area contributed by atoms with Gasteiger partial charge in [-0.2, -0.15) is 0 Å². The number of allylic oxidation sites excluding steroid dienone is 3. The highest BCUT2D eigenvalue weighted by Gasteiger charge is 2.09. The largest absolute Gasteiger partial charge is 0.375 e. The summed E-state index contributed by atoms with van der Waals surface area (Å²) in [7, 11) is 0. The van der Waals surface area contributed by atoms with E-state index in [4.69, 9.17) is 4.74 Å². The van der Waals surface area contributed by atoms with Gasteiger partial charge < -0.3 is 15.4 Å². The van der Waals surface area contributed by atoms with Gasteiger partial charge in [-0.25, -0.2) is 0 Å². The van der Waals surface area contributed by atoms with Crippen LogP contribution < -0.4 is 10.6 Å². The molecule has 4 heteroatoms. The lowest BCUT2D eigenvalue weighted by Crippen LogP contribution is -2.32. The highest BCUT2D eigenvalue weighted by atomic mass is 16.5. The predicted molar refractivity (Wildman–Crippen MR) is 109 cm³/mol. The first-order valence-corrected chi connectivity index (χ1v) is 8.83. The number of nitrogens with one attached hydrogen (secondary N) is 2. The van der Waals surface area contributed by atoms with Crippen LogP contribution in [0.5, 0.6) is 0 Å². The van der Waals surface area contributed by atoms with E-state index in [0.717, 1.165) is 17.7 Å². The van der Waals surface area contributed by atoms with Gasteiger partial charge in [0, 0.05) is 12.2 Å². The van der Waals surface area contributed by atoms with Gasteiger partial charge in [0.05, 0.1) is 18.4 Å². The van der Waals surface area contributed by atoms with Crippen molar-refractivity contribution in [3.8, 4) is 0 Å². The number of ether oxygens (including phenoxy) is 1. The second-order valence-electron chi connectivity index (χ2n) is 6.18. The van der Waals surface area contributed by atoms with Crippen molar-refractivity contribution in [1.29, 1.82) is 0 Å². The third-order valence-electron chi connectivity index (χ3n) is 3.63. The van der Waals surface area contributed by atoms with Gasteiger partial charge in [-0.15, -0.1) is 0 Å². The summed E-state index contributed by atoms with van der Waals surface area (Å²) < 4.78 is 5.53. The van der Waals surface area contributed by atoms with Gasteiger partial charge in [0.1, 0.15) is 0 Å². The van der Waals surface area contributed by atoms with Crippen LogP contribution in [0.4, 0.5) is 0 Å². The Kier molecular flexibility index (Phi) is 9.80. The smallest absolute Gasteiger partial charge is 0.267 e. The molecule has 0 radical (unpaired) electrons. The predicted octanol–water partition coefficient (Wildman–Crippen LogP) is 3.89. The summed E-state index contributed by atoms with van der Waals surface area (Å²) in [6, 6.07) is 10.0. The SMILES string of the molecule is C=C/C=C(NC(=C)C(=O)NCCc1ccccc1)\C(C)=C/COC(C)C. The average molecular weight is 354 g/mol. The minimum Gasteiger partial charge on any atom is -0.375 e. The molecule has 0 atom stereocenters. The molecule has 0 saturated heterocycles. The van der Waals surface area contributed by atoms with Gasteiger partial charge >= 0.3 is 0 Å². The van der Waals surface area contributed by atoms with Crippen LogP contribution in [0.2, 0.25) is 0 Å². The van der Waals surface area contributed by atoms with Crippen LogP contribution in [0.1, 0.15) is 26.3 Å². The second-order valence-corrected chi connectivity index (χ2v) is 6.18. The summed E-state index contributed by atoms with van der Waals surface area (Å²) in [5, 5.41) is 5.94. The highest BCUT2D eigenvalue weighted by molar-refractivity contribution is 5.92. The zero-order valence-corrected chi connectivity index (χ0v) is 16.0. The maximum absolute atomic E-state index is 12.2. The van der Waals surface area contributed by atoms with E-state index in [-0.39, 0.29) is 12.0 Å². The molecule has 0 fully saturated rings. The average Bonchev–Trinajstić information content (AvgIpc) is 2.61. The highest BCUT2D eigenvalue weighted by Crippen LogP contribution is 2.09. The molecule has 0 spiro atoms. The van der Waals surface area contributed by atoms with E-state index in [1.807, 2.05) is 63.3 Å². The maximum atomic E-state index is 12.2. The lowest BCUT2D eigenvalue weighted by Gasteiger charge is -2.14. The molecule has 0 saturated carbocycles. The van der Waals surface area contributed by atoms with Crippen molar-refractivity contribution in [2.45, 2.75) is 33.3 Å². The number of benzene rings is 1. The quantitative estimate of drug-likeness (QED) is 0.468. The Bertz CT molecular complexity index is 658. The van der Waals surface area contributed by atoms with Crippen LogP contribution in [0.15, 0.2) is 78.7 Å². The zero-order valence-electron chi connectivity index (χ0n) is 16.0. The minimum atomic E-state index is -0.220. The third-order valence-corrected chi connectivity index (χ3v) is 3.63. The lowest BCUT2D eigenvalue weighted by molar-refractivity contribution is -0.117. The number of carbonyl (C=O) groups excluding carboxylic acids is 1. The fraction of sp³-hybridized carbons (Fsp3) is 0.318. The van der Waals surface area contributed by atoms with Crippen LogP contribution in [0.25, 0.3) is 0 Å². The molecule has 1 rings (SSSR count). The number of carbonyl (C=O) groups is 1. The lowest BCUT2D eigenvalue weighted by atomic mass is 10.1. The molecular formula is C22H30N2O2. The molecule has 0 aromatic heterocycles. The summed E-state index contributed by atoms with van der Waals surface area (Å²) in [4.78, 5) is 12.2. The molecule has 0 unspecified atom stereocenters. The molecule has 0 aliphatic carbocycles. The monoisotopic (exact) mass is 354 g/mol. The van der Waals surface area contributed by atoms with Crippen molar-refractivity contribution in [3.05, 3.63) is 84.2 Å². The summed E-state index contributed by atoms with van der Waals surface area (Å²) in [5.41, 5.74) is 3.21. The first kappa shape index (κ1) is 21.5. The van der Waals surface area contributed by atoms with E-state index in [1.165, 1.54) is 5.56 Å². The summed E-state index contributed by atoms with van der Waals surface area (Å²) in [6.45, 7) is 14.6. The van der Waals surface area contributed by atoms with Crippen LogP contribution in [-0.4, -0.2) is 25.2 Å². The van der Waals surface area contributed by atoms with Crippen molar-refractivity contribution in [2.75, 3.05) is 13.2 Å². The Morgan fingerprint density at radius 1 is 1.27 bits per heavy atom. The number of rotatable bonds is 11. The molecule has 0 bridgehead atoms. The van der Waals surface area contributed by atoms with E-state index < -0.39 is 0 Å². The summed E-state index contributed by atoms with van der Waals surface area (Å²) in [6.07, 6.45) is 6.39. The zero-order chi connectivity index (χ0) is 19.4. The van der Waals surface area contributed by atoms with Gasteiger partial charge in [-0.05, 0) is 44.4 Å². The van der Waals surface area contributed by atoms with E-state index in [1.54, 1.807) is 6.08 Å². The standard InChI is InChI=1S/C22H30N2O2/c1-6-10-21(18(4)14-16-26-17(2)3)24-19(5)22(25)23-15-13-20-11-8-7-9-12-20/h6-12,14,17,24H,1,5,13,15-16H2,2-4H3,(H,23,25)/b18-14-,21-10+. The van der Waals surface area contributed by atoms with E-state index >= 15 is 0 Å². The molecule has 1 amide bonds. The fourth-order valence-corrected chi connectivity index (χ4v) is 2.16. The number of amides is 1. The third kappa shape index (κ3) is 8.49. The molecule has 140 valence electrons. The Morgan fingerprint density at radius 2 is 1.96 bits per heavy atom.